The van der Waals surface area contributed by atoms with Crippen molar-refractivity contribution >= 4 is 78.5 Å². The molecule has 0 spiro atoms. The molecule has 1 nitrogen and oxygen atoms in total. The van der Waals surface area contributed by atoms with E-state index in [9.17, 15) is 0 Å². The van der Waals surface area contributed by atoms with E-state index < -0.39 is 0 Å². The van der Waals surface area contributed by atoms with Gasteiger partial charge in [-0.1, -0.05) is 239 Å². The smallest absolute Gasteiger partial charge is 0.242 e. The Hall–Kier alpha value is -7.87. The zero-order valence-electron chi connectivity index (χ0n) is 45.7. The molecule has 0 atom stereocenters. The summed E-state index contributed by atoms with van der Waals surface area (Å²) >= 11 is 0. The zero-order valence-corrected chi connectivity index (χ0v) is 45.7. The Kier molecular flexibility index (Phi) is 11.9. The molecule has 0 radical (unpaired) electrons. The van der Waals surface area contributed by atoms with Crippen molar-refractivity contribution in [3.05, 3.63) is 237 Å². The minimum atomic E-state index is 0.119. The van der Waals surface area contributed by atoms with Gasteiger partial charge >= 0.3 is 0 Å². The first-order chi connectivity index (χ1) is 36.1. The first-order valence-electron chi connectivity index (χ1n) is 26.9. The second-order valence-electron chi connectivity index (χ2n) is 22.3. The molecular weight excluding hydrogens is 902 g/mol. The zero-order chi connectivity index (χ0) is 52.1. The molecule has 11 aromatic carbocycles. The van der Waals surface area contributed by atoms with Gasteiger partial charge in [-0.2, -0.15) is 0 Å². The lowest BCUT2D eigenvalue weighted by atomic mass is 9.34. The first kappa shape index (κ1) is 48.1. The van der Waals surface area contributed by atoms with Gasteiger partial charge in [0, 0.05) is 10.9 Å². The predicted octanol–water partition coefficient (Wildman–Crippen LogP) is 15.0. The summed E-state index contributed by atoms with van der Waals surface area (Å²) in [6, 6.07) is 64.8. The average molecular weight is 967 g/mol. The fraction of sp³-hybridized carbons (Fsp3) is 0.167. The van der Waals surface area contributed by atoms with Crippen LogP contribution in [0.1, 0.15) is 66.8 Å². The highest BCUT2D eigenvalue weighted by atomic mass is 16.5. The van der Waals surface area contributed by atoms with Gasteiger partial charge in [-0.05, 0) is 168 Å². The first-order valence-corrected chi connectivity index (χ1v) is 26.9. The van der Waals surface area contributed by atoms with Gasteiger partial charge in [-0.3, -0.25) is 0 Å². The standard InChI is InChI=1S/C72H64B2O/c1-41-30-45(5)69(46(6)31-41)73(70-47(7)32-42(2)33-48(70)8)56-25-20-53(21-26-56)55-24-29-60-65-40-63-59-17-14-13-16-58(59)62(39-64(63)61-18-15-19-66(68(61)65)75-67(60)38-55)54-22-27-57(28-23-54)74(71-49(9)34-43(3)35-50(71)10)72-51(11)36-44(4)37-52(72)12/h13-40H,1-12H3. The molecular formula is C72H64B2O. The number of hydrogen-bond donors (Lipinski definition) is 0. The van der Waals surface area contributed by atoms with Crippen LogP contribution in [0.2, 0.25) is 0 Å². The molecule has 0 saturated carbocycles. The van der Waals surface area contributed by atoms with E-state index in [4.69, 9.17) is 4.74 Å². The summed E-state index contributed by atoms with van der Waals surface area (Å²) in [6.45, 7) is 27.3. The van der Waals surface area contributed by atoms with E-state index in [0.717, 1.165) is 28.0 Å². The van der Waals surface area contributed by atoms with Crippen molar-refractivity contribution in [2.75, 3.05) is 0 Å². The molecule has 0 N–H and O–H groups in total. The van der Waals surface area contributed by atoms with Crippen LogP contribution in [0.25, 0.3) is 65.7 Å². The fourth-order valence-corrected chi connectivity index (χ4v) is 14.0. The minimum Gasteiger partial charge on any atom is -0.456 e. The van der Waals surface area contributed by atoms with Crippen LogP contribution in [0.4, 0.5) is 0 Å². The third-order valence-electron chi connectivity index (χ3n) is 16.7. The maximum Gasteiger partial charge on any atom is 0.242 e. The Labute approximate surface area is 445 Å². The highest BCUT2D eigenvalue weighted by Crippen LogP contribution is 2.51. The molecule has 0 aliphatic carbocycles. The molecule has 0 fully saturated rings. The van der Waals surface area contributed by atoms with Gasteiger partial charge in [0.15, 0.2) is 0 Å². The van der Waals surface area contributed by atoms with Crippen LogP contribution in [0.15, 0.2) is 170 Å². The molecule has 1 aliphatic heterocycles. The third kappa shape index (κ3) is 8.20. The van der Waals surface area contributed by atoms with Crippen molar-refractivity contribution in [3.63, 3.8) is 0 Å². The Morgan fingerprint density at radius 1 is 0.267 bits per heavy atom. The third-order valence-corrected chi connectivity index (χ3v) is 16.7. The van der Waals surface area contributed by atoms with Crippen molar-refractivity contribution < 1.29 is 4.74 Å². The van der Waals surface area contributed by atoms with Gasteiger partial charge in [-0.15, -0.1) is 0 Å². The van der Waals surface area contributed by atoms with E-state index >= 15 is 0 Å². The van der Waals surface area contributed by atoms with E-state index in [2.05, 4.69) is 253 Å². The highest BCUT2D eigenvalue weighted by Gasteiger charge is 2.31. The fourth-order valence-electron chi connectivity index (χ4n) is 14.0. The summed E-state index contributed by atoms with van der Waals surface area (Å²) in [7, 11) is 0. The molecule has 1 heterocycles. The highest BCUT2D eigenvalue weighted by molar-refractivity contribution is 6.97. The van der Waals surface area contributed by atoms with Crippen molar-refractivity contribution in [2.45, 2.75) is 83.1 Å². The van der Waals surface area contributed by atoms with Crippen LogP contribution in [-0.4, -0.2) is 13.4 Å². The minimum absolute atomic E-state index is 0.119. The van der Waals surface area contributed by atoms with Crippen LogP contribution >= 0.6 is 0 Å². The van der Waals surface area contributed by atoms with E-state index in [1.165, 1.54) is 149 Å². The maximum absolute atomic E-state index is 6.97. The lowest BCUT2D eigenvalue weighted by Crippen LogP contribution is -2.55. The van der Waals surface area contributed by atoms with Gasteiger partial charge in [0.25, 0.3) is 0 Å². The molecule has 0 unspecified atom stereocenters. The van der Waals surface area contributed by atoms with E-state index in [0.29, 0.717) is 0 Å². The molecule has 1 aliphatic rings. The van der Waals surface area contributed by atoms with Gasteiger partial charge in [-0.25, -0.2) is 0 Å². The molecule has 0 saturated heterocycles. The summed E-state index contributed by atoms with van der Waals surface area (Å²) < 4.78 is 6.97. The van der Waals surface area contributed by atoms with Gasteiger partial charge in [0.2, 0.25) is 13.4 Å². The van der Waals surface area contributed by atoms with Crippen LogP contribution in [0, 0.1) is 83.1 Å². The van der Waals surface area contributed by atoms with Gasteiger partial charge in [0.05, 0.1) is 0 Å². The summed E-state index contributed by atoms with van der Waals surface area (Å²) in [4.78, 5) is 0. The van der Waals surface area contributed by atoms with Crippen molar-refractivity contribution in [1.29, 1.82) is 0 Å². The predicted molar refractivity (Wildman–Crippen MR) is 327 cm³/mol. The monoisotopic (exact) mass is 967 g/mol. The quantitative estimate of drug-likeness (QED) is 0.109. The number of ether oxygens (including phenoxy) is 1. The summed E-state index contributed by atoms with van der Waals surface area (Å²) in [6.07, 6.45) is 0. The van der Waals surface area contributed by atoms with Gasteiger partial charge < -0.3 is 4.74 Å². The van der Waals surface area contributed by atoms with Crippen LogP contribution < -0.4 is 37.5 Å². The lowest BCUT2D eigenvalue weighted by Gasteiger charge is -2.25. The second-order valence-corrected chi connectivity index (χ2v) is 22.3. The maximum atomic E-state index is 6.97. The summed E-state index contributed by atoms with van der Waals surface area (Å²) in [5, 5.41) is 7.36. The SMILES string of the molecule is Cc1cc(C)c(B(c2ccc(-c3ccc4c(c3)Oc3cccc5c3c-4cc3c4ccccc4c(-c4ccc(B(c6c(C)cc(C)cc6C)c6c(C)cc(C)cc6C)cc4)cc53)cc2)c2c(C)cc(C)cc2C)c(C)c1. The van der Waals surface area contributed by atoms with Crippen LogP contribution in [-0.2, 0) is 0 Å². The molecule has 12 rings (SSSR count). The molecule has 11 aromatic rings. The number of hydrogen-bond acceptors (Lipinski definition) is 1. The Morgan fingerprint density at radius 2 is 0.653 bits per heavy atom. The van der Waals surface area contributed by atoms with Crippen LogP contribution in [0.5, 0.6) is 11.5 Å². The average Bonchev–Trinajstić information content (AvgIpc) is 3.37. The second kappa shape index (κ2) is 18.5. The molecule has 3 heteroatoms. The number of benzene rings is 11. The molecule has 0 amide bonds. The lowest BCUT2D eigenvalue weighted by molar-refractivity contribution is 0.487. The summed E-state index contributed by atoms with van der Waals surface area (Å²) in [5.74, 6) is 1.78. The van der Waals surface area contributed by atoms with E-state index in [-0.39, 0.29) is 13.4 Å². The summed E-state index contributed by atoms with van der Waals surface area (Å²) in [5.41, 5.74) is 31.3. The number of fused-ring (bicyclic) bond motifs is 6. The van der Waals surface area contributed by atoms with Crippen LogP contribution in [0.3, 0.4) is 0 Å². The largest absolute Gasteiger partial charge is 0.456 e. The number of rotatable bonds is 8. The molecule has 0 bridgehead atoms. The topological polar surface area (TPSA) is 9.23 Å². The Bertz CT molecular complexity index is 3950. The van der Waals surface area contributed by atoms with E-state index in [1.54, 1.807) is 0 Å². The van der Waals surface area contributed by atoms with Crippen molar-refractivity contribution in [3.8, 4) is 44.9 Å². The van der Waals surface area contributed by atoms with Crippen molar-refractivity contribution in [2.24, 2.45) is 0 Å². The molecule has 75 heavy (non-hydrogen) atoms. The number of aryl methyl sites for hydroxylation is 12. The molecule has 364 valence electrons. The Morgan fingerprint density at radius 3 is 1.12 bits per heavy atom. The van der Waals surface area contributed by atoms with Crippen molar-refractivity contribution in [1.82, 2.24) is 0 Å². The van der Waals surface area contributed by atoms with Gasteiger partial charge in [0.1, 0.15) is 11.5 Å². The normalized spacial score (nSPS) is 11.8. The molecule has 0 aromatic heterocycles. The Balaban J connectivity index is 0.939. The van der Waals surface area contributed by atoms with E-state index in [1.807, 2.05) is 0 Å².